The van der Waals surface area contributed by atoms with Gasteiger partial charge in [0.15, 0.2) is 17.4 Å². The highest BCUT2D eigenvalue weighted by atomic mass is 35.5. The molecule has 0 aliphatic rings. The van der Waals surface area contributed by atoms with E-state index in [1.54, 1.807) is 11.8 Å². The van der Waals surface area contributed by atoms with Crippen LogP contribution in [0.1, 0.15) is 12.0 Å². The molecule has 0 radical (unpaired) electrons. The maximum absolute atomic E-state index is 13.4. The fourth-order valence-corrected chi connectivity index (χ4v) is 1.77. The van der Waals surface area contributed by atoms with Gasteiger partial charge in [0.25, 0.3) is 0 Å². The Hall–Kier alpha value is -0.480. The summed E-state index contributed by atoms with van der Waals surface area (Å²) in [6, 6.07) is 2.39. The minimum Gasteiger partial charge on any atom is -0.488 e. The van der Waals surface area contributed by atoms with E-state index in [0.717, 1.165) is 12.2 Å². The monoisotopic (exact) mass is 266 g/mol. The van der Waals surface area contributed by atoms with Crippen molar-refractivity contribution in [1.82, 2.24) is 0 Å². The number of benzene rings is 1. The number of hydrogen-bond donors (Lipinski definition) is 0. The fraction of sp³-hybridized carbons (Fsp3) is 0.455. The molecule has 0 bridgehead atoms. The van der Waals surface area contributed by atoms with Crippen LogP contribution >= 0.6 is 23.4 Å². The molecule has 0 aliphatic heterocycles. The molecule has 1 rings (SSSR count). The number of rotatable bonds is 6. The normalized spacial score (nSPS) is 10.5. The van der Waals surface area contributed by atoms with Gasteiger partial charge in [-0.1, -0.05) is 0 Å². The molecule has 0 unspecified atom stereocenters. The van der Waals surface area contributed by atoms with Crippen LogP contribution in [-0.2, 0) is 5.88 Å². The molecule has 0 fully saturated rings. The van der Waals surface area contributed by atoms with E-state index in [1.807, 2.05) is 6.26 Å². The van der Waals surface area contributed by atoms with Crippen LogP contribution in [-0.4, -0.2) is 18.6 Å². The first-order valence-corrected chi connectivity index (χ1v) is 6.77. The van der Waals surface area contributed by atoms with E-state index in [2.05, 4.69) is 0 Å². The van der Waals surface area contributed by atoms with Gasteiger partial charge in [-0.2, -0.15) is 11.8 Å². The second-order valence-corrected chi connectivity index (χ2v) is 4.47. The third kappa shape index (κ3) is 3.83. The summed E-state index contributed by atoms with van der Waals surface area (Å²) in [5, 5.41) is 0. The molecule has 0 amide bonds. The van der Waals surface area contributed by atoms with E-state index in [4.69, 9.17) is 16.3 Å². The van der Waals surface area contributed by atoms with Gasteiger partial charge in [-0.05, 0) is 36.1 Å². The van der Waals surface area contributed by atoms with Gasteiger partial charge in [0.2, 0.25) is 0 Å². The van der Waals surface area contributed by atoms with E-state index in [9.17, 15) is 8.78 Å². The van der Waals surface area contributed by atoms with Crippen molar-refractivity contribution < 1.29 is 13.5 Å². The highest BCUT2D eigenvalue weighted by molar-refractivity contribution is 7.98. The first kappa shape index (κ1) is 13.6. The van der Waals surface area contributed by atoms with Crippen molar-refractivity contribution in [3.05, 3.63) is 29.3 Å². The van der Waals surface area contributed by atoms with Gasteiger partial charge in [-0.3, -0.25) is 0 Å². The zero-order valence-electron chi connectivity index (χ0n) is 8.93. The van der Waals surface area contributed by atoms with E-state index in [0.29, 0.717) is 12.2 Å². The van der Waals surface area contributed by atoms with Crippen molar-refractivity contribution in [1.29, 1.82) is 0 Å². The predicted octanol–water partition coefficient (Wildman–Crippen LogP) is 3.84. The van der Waals surface area contributed by atoms with Gasteiger partial charge < -0.3 is 4.74 Å². The van der Waals surface area contributed by atoms with Gasteiger partial charge >= 0.3 is 0 Å². The summed E-state index contributed by atoms with van der Waals surface area (Å²) in [7, 11) is 0. The van der Waals surface area contributed by atoms with E-state index in [-0.39, 0.29) is 11.6 Å². The van der Waals surface area contributed by atoms with Crippen LogP contribution in [0.25, 0.3) is 0 Å². The quantitative estimate of drug-likeness (QED) is 0.572. The molecule has 0 saturated carbocycles. The standard InChI is InChI=1S/C11H13ClF2OS/c1-16-4-2-3-15-11-9(13)5-8(7-12)6-10(11)14/h5-6H,2-4,7H2,1H3. The Balaban J connectivity index is 2.65. The molecule has 1 aromatic rings. The highest BCUT2D eigenvalue weighted by Gasteiger charge is 2.12. The molecule has 0 aliphatic carbocycles. The van der Waals surface area contributed by atoms with Gasteiger partial charge in [-0.15, -0.1) is 11.6 Å². The van der Waals surface area contributed by atoms with Gasteiger partial charge in [0.1, 0.15) is 0 Å². The molecule has 1 nitrogen and oxygen atoms in total. The van der Waals surface area contributed by atoms with Crippen molar-refractivity contribution in [2.75, 3.05) is 18.6 Å². The minimum atomic E-state index is -0.695. The molecule has 0 spiro atoms. The average Bonchev–Trinajstić information content (AvgIpc) is 2.26. The maximum Gasteiger partial charge on any atom is 0.190 e. The van der Waals surface area contributed by atoms with Crippen molar-refractivity contribution in [2.45, 2.75) is 12.3 Å². The summed E-state index contributed by atoms with van der Waals surface area (Å²) in [5.41, 5.74) is 0.410. The lowest BCUT2D eigenvalue weighted by Gasteiger charge is -2.08. The molecule has 0 N–H and O–H groups in total. The Morgan fingerprint density at radius 2 is 1.94 bits per heavy atom. The van der Waals surface area contributed by atoms with E-state index < -0.39 is 11.6 Å². The SMILES string of the molecule is CSCCCOc1c(F)cc(CCl)cc1F. The predicted molar refractivity (Wildman–Crippen MR) is 64.4 cm³/mol. The largest absolute Gasteiger partial charge is 0.488 e. The summed E-state index contributed by atoms with van der Waals surface area (Å²) < 4.78 is 31.8. The summed E-state index contributed by atoms with van der Waals surface area (Å²) in [6.45, 7) is 0.314. The molecule has 0 atom stereocenters. The van der Waals surface area contributed by atoms with Crippen molar-refractivity contribution in [2.24, 2.45) is 0 Å². The van der Waals surface area contributed by atoms with Crippen LogP contribution in [0.2, 0.25) is 0 Å². The molecule has 0 heterocycles. The summed E-state index contributed by atoms with van der Waals surface area (Å²) >= 11 is 7.16. The molecule has 5 heteroatoms. The number of ether oxygens (including phenoxy) is 1. The van der Waals surface area contributed by atoms with Crippen LogP contribution in [0.15, 0.2) is 12.1 Å². The Bertz CT molecular complexity index is 324. The van der Waals surface area contributed by atoms with E-state index >= 15 is 0 Å². The van der Waals surface area contributed by atoms with Crippen LogP contribution < -0.4 is 4.74 Å². The van der Waals surface area contributed by atoms with Crippen LogP contribution in [0.4, 0.5) is 8.78 Å². The first-order chi connectivity index (χ1) is 7.69. The summed E-state index contributed by atoms with van der Waals surface area (Å²) in [5.74, 6) is -0.710. The first-order valence-electron chi connectivity index (χ1n) is 4.84. The van der Waals surface area contributed by atoms with Gasteiger partial charge in [0, 0.05) is 5.88 Å². The number of halogens is 3. The van der Waals surface area contributed by atoms with Gasteiger partial charge in [0.05, 0.1) is 6.61 Å². The molecule has 90 valence electrons. The van der Waals surface area contributed by atoms with Crippen molar-refractivity contribution >= 4 is 23.4 Å². The molecule has 16 heavy (non-hydrogen) atoms. The highest BCUT2D eigenvalue weighted by Crippen LogP contribution is 2.24. The van der Waals surface area contributed by atoms with Crippen LogP contribution in [0.5, 0.6) is 5.75 Å². The Kier molecular flexibility index (Phi) is 5.91. The van der Waals surface area contributed by atoms with Crippen molar-refractivity contribution in [3.8, 4) is 5.75 Å². The minimum absolute atomic E-state index is 0.0839. The summed E-state index contributed by atoms with van der Waals surface area (Å²) in [4.78, 5) is 0. The summed E-state index contributed by atoms with van der Waals surface area (Å²) in [6.07, 6.45) is 2.73. The van der Waals surface area contributed by atoms with Gasteiger partial charge in [-0.25, -0.2) is 8.78 Å². The lowest BCUT2D eigenvalue weighted by molar-refractivity contribution is 0.285. The number of hydrogen-bond acceptors (Lipinski definition) is 2. The lowest BCUT2D eigenvalue weighted by atomic mass is 10.2. The smallest absolute Gasteiger partial charge is 0.190 e. The second-order valence-electron chi connectivity index (χ2n) is 3.22. The topological polar surface area (TPSA) is 9.23 Å². The Morgan fingerprint density at radius 1 is 1.31 bits per heavy atom. The lowest BCUT2D eigenvalue weighted by Crippen LogP contribution is -2.03. The number of alkyl halides is 1. The van der Waals surface area contributed by atoms with Crippen LogP contribution in [0.3, 0.4) is 0 Å². The molecule has 0 aromatic heterocycles. The van der Waals surface area contributed by atoms with Crippen molar-refractivity contribution in [3.63, 3.8) is 0 Å². The molecular formula is C11H13ClF2OS. The molecule has 1 aromatic carbocycles. The average molecular weight is 267 g/mol. The maximum atomic E-state index is 13.4. The molecular weight excluding hydrogens is 254 g/mol. The third-order valence-electron chi connectivity index (χ3n) is 1.95. The second kappa shape index (κ2) is 6.97. The molecule has 0 saturated heterocycles. The Labute approximate surface area is 103 Å². The third-order valence-corrected chi connectivity index (χ3v) is 2.96. The number of thioether (sulfide) groups is 1. The van der Waals surface area contributed by atoms with E-state index in [1.165, 1.54) is 12.1 Å². The Morgan fingerprint density at radius 3 is 2.44 bits per heavy atom. The zero-order valence-corrected chi connectivity index (χ0v) is 10.5. The zero-order chi connectivity index (χ0) is 12.0. The van der Waals surface area contributed by atoms with Crippen LogP contribution in [0, 0.1) is 11.6 Å². The fourth-order valence-electron chi connectivity index (χ4n) is 1.20.